The molecule has 1 amide bonds. The van der Waals surface area contributed by atoms with E-state index < -0.39 is 12.5 Å². The molecule has 0 aliphatic carbocycles. The fraction of sp³-hybridized carbons (Fsp3) is 0.364. The van der Waals surface area contributed by atoms with E-state index in [9.17, 15) is 4.79 Å². The van der Waals surface area contributed by atoms with E-state index in [1.165, 1.54) is 0 Å². The van der Waals surface area contributed by atoms with E-state index in [2.05, 4.69) is 5.32 Å². The highest BCUT2D eigenvalue weighted by molar-refractivity contribution is 5.76. The summed E-state index contributed by atoms with van der Waals surface area (Å²) in [6.45, 7) is -0.186. The van der Waals surface area contributed by atoms with Gasteiger partial charge < -0.3 is 19.9 Å². The Morgan fingerprint density at radius 2 is 1.81 bits per heavy atom. The van der Waals surface area contributed by atoms with Crippen LogP contribution in [-0.4, -0.2) is 31.8 Å². The molecule has 0 radical (unpaired) electrons. The molecule has 0 atom stereocenters. The summed E-state index contributed by atoms with van der Waals surface area (Å²) in [5.74, 6) is 0.905. The van der Waals surface area contributed by atoms with Crippen molar-refractivity contribution < 1.29 is 19.4 Å². The normalized spacial score (nSPS) is 9.69. The average Bonchev–Trinajstić information content (AvgIpc) is 2.35. The molecule has 0 spiro atoms. The van der Waals surface area contributed by atoms with Crippen molar-refractivity contribution in [1.29, 1.82) is 0 Å². The van der Waals surface area contributed by atoms with Gasteiger partial charge in [0.1, 0.15) is 18.1 Å². The molecule has 1 rings (SSSR count). The lowest BCUT2D eigenvalue weighted by Gasteiger charge is -2.08. The Labute approximate surface area is 94.0 Å². The summed E-state index contributed by atoms with van der Waals surface area (Å²) in [5, 5.41) is 11.1. The zero-order valence-electron chi connectivity index (χ0n) is 9.32. The molecule has 5 heteroatoms. The molecule has 0 bridgehead atoms. The lowest BCUT2D eigenvalue weighted by Crippen LogP contribution is -2.25. The van der Waals surface area contributed by atoms with Crippen LogP contribution in [0.15, 0.2) is 18.2 Å². The molecule has 1 aromatic carbocycles. The number of hydrogen-bond donors (Lipinski definition) is 2. The molecule has 0 heterocycles. The Morgan fingerprint density at radius 3 is 2.25 bits per heavy atom. The van der Waals surface area contributed by atoms with Crippen LogP contribution in [0.25, 0.3) is 0 Å². The van der Waals surface area contributed by atoms with Crippen LogP contribution in [0.4, 0.5) is 0 Å². The van der Waals surface area contributed by atoms with E-state index in [0.717, 1.165) is 5.56 Å². The molecule has 88 valence electrons. The number of rotatable bonds is 5. The first-order valence-electron chi connectivity index (χ1n) is 4.79. The van der Waals surface area contributed by atoms with Crippen molar-refractivity contribution >= 4 is 5.91 Å². The zero-order valence-corrected chi connectivity index (χ0v) is 9.32. The lowest BCUT2D eigenvalue weighted by molar-refractivity contribution is -0.123. The van der Waals surface area contributed by atoms with Crippen LogP contribution in [0.2, 0.25) is 0 Å². The smallest absolute Gasteiger partial charge is 0.245 e. The number of hydrogen-bond acceptors (Lipinski definition) is 4. The van der Waals surface area contributed by atoms with E-state index in [-0.39, 0.29) is 0 Å². The number of aliphatic hydroxyl groups is 1. The topological polar surface area (TPSA) is 67.8 Å². The highest BCUT2D eigenvalue weighted by Crippen LogP contribution is 2.22. The summed E-state index contributed by atoms with van der Waals surface area (Å²) < 4.78 is 10.2. The Balaban J connectivity index is 2.74. The van der Waals surface area contributed by atoms with Crippen molar-refractivity contribution in [2.24, 2.45) is 0 Å². The van der Waals surface area contributed by atoms with Gasteiger partial charge >= 0.3 is 0 Å². The number of methoxy groups -OCH3 is 2. The molecule has 5 nitrogen and oxygen atoms in total. The summed E-state index contributed by atoms with van der Waals surface area (Å²) in [5.41, 5.74) is 0.845. The van der Waals surface area contributed by atoms with Crippen LogP contribution in [0.5, 0.6) is 11.5 Å². The molecular formula is C11H15NO4. The minimum absolute atomic E-state index is 0.326. The van der Waals surface area contributed by atoms with Gasteiger partial charge in [-0.2, -0.15) is 0 Å². The molecule has 0 unspecified atom stereocenters. The maximum atomic E-state index is 10.9. The minimum Gasteiger partial charge on any atom is -0.497 e. The van der Waals surface area contributed by atoms with E-state index in [0.29, 0.717) is 18.0 Å². The van der Waals surface area contributed by atoms with Crippen molar-refractivity contribution in [3.8, 4) is 11.5 Å². The van der Waals surface area contributed by atoms with Crippen LogP contribution < -0.4 is 14.8 Å². The summed E-state index contributed by atoms with van der Waals surface area (Å²) in [6.07, 6.45) is 0. The summed E-state index contributed by atoms with van der Waals surface area (Å²) >= 11 is 0. The van der Waals surface area contributed by atoms with Crippen LogP contribution >= 0.6 is 0 Å². The second kappa shape index (κ2) is 5.97. The quantitative estimate of drug-likeness (QED) is 0.757. The number of carbonyl (C=O) groups excluding carboxylic acids is 1. The van der Waals surface area contributed by atoms with Gasteiger partial charge in [0.2, 0.25) is 5.91 Å². The van der Waals surface area contributed by atoms with Gasteiger partial charge in [0, 0.05) is 12.6 Å². The maximum Gasteiger partial charge on any atom is 0.245 e. The lowest BCUT2D eigenvalue weighted by atomic mass is 10.2. The fourth-order valence-electron chi connectivity index (χ4n) is 1.22. The van der Waals surface area contributed by atoms with Crippen LogP contribution in [0.1, 0.15) is 5.56 Å². The third-order valence-corrected chi connectivity index (χ3v) is 2.04. The first-order valence-corrected chi connectivity index (χ1v) is 4.79. The van der Waals surface area contributed by atoms with Gasteiger partial charge in [-0.05, 0) is 17.7 Å². The Hall–Kier alpha value is -1.75. The zero-order chi connectivity index (χ0) is 12.0. The van der Waals surface area contributed by atoms with Gasteiger partial charge in [-0.15, -0.1) is 0 Å². The van der Waals surface area contributed by atoms with E-state index in [1.54, 1.807) is 32.4 Å². The molecule has 0 aliphatic rings. The maximum absolute atomic E-state index is 10.9. The van der Waals surface area contributed by atoms with Crippen molar-refractivity contribution in [3.05, 3.63) is 23.8 Å². The Bertz CT molecular complexity index is 343. The molecule has 2 N–H and O–H groups in total. The number of ether oxygens (including phenoxy) is 2. The predicted octanol–water partition coefficient (Wildman–Crippen LogP) is 0.312. The van der Waals surface area contributed by atoms with Gasteiger partial charge in [0.15, 0.2) is 0 Å². The van der Waals surface area contributed by atoms with Gasteiger partial charge in [-0.1, -0.05) is 0 Å². The number of benzene rings is 1. The third-order valence-electron chi connectivity index (χ3n) is 2.04. The van der Waals surface area contributed by atoms with Crippen LogP contribution in [-0.2, 0) is 11.3 Å². The SMILES string of the molecule is COc1cc(CNC(=O)CO)cc(OC)c1. The fourth-order valence-corrected chi connectivity index (χ4v) is 1.22. The highest BCUT2D eigenvalue weighted by atomic mass is 16.5. The summed E-state index contributed by atoms with van der Waals surface area (Å²) in [4.78, 5) is 10.9. The van der Waals surface area contributed by atoms with Crippen molar-refractivity contribution in [1.82, 2.24) is 5.32 Å². The van der Waals surface area contributed by atoms with Gasteiger partial charge in [0.25, 0.3) is 0 Å². The first kappa shape index (κ1) is 12.3. The van der Waals surface area contributed by atoms with E-state index in [1.807, 2.05) is 0 Å². The van der Waals surface area contributed by atoms with Gasteiger partial charge in [-0.25, -0.2) is 0 Å². The monoisotopic (exact) mass is 225 g/mol. The molecule has 16 heavy (non-hydrogen) atoms. The highest BCUT2D eigenvalue weighted by Gasteiger charge is 2.03. The molecule has 0 fully saturated rings. The number of amides is 1. The van der Waals surface area contributed by atoms with Crippen molar-refractivity contribution in [2.45, 2.75) is 6.54 Å². The number of carbonyl (C=O) groups is 1. The van der Waals surface area contributed by atoms with Crippen LogP contribution in [0.3, 0.4) is 0 Å². The first-order chi connectivity index (χ1) is 7.69. The van der Waals surface area contributed by atoms with Crippen molar-refractivity contribution in [3.63, 3.8) is 0 Å². The molecule has 1 aromatic rings. The second-order valence-electron chi connectivity index (χ2n) is 3.16. The van der Waals surface area contributed by atoms with E-state index in [4.69, 9.17) is 14.6 Å². The Kier molecular flexibility index (Phi) is 4.60. The number of aliphatic hydroxyl groups excluding tert-OH is 1. The molecule has 0 aliphatic heterocycles. The standard InChI is InChI=1S/C11H15NO4/c1-15-9-3-8(4-10(5-9)16-2)6-12-11(14)7-13/h3-5,13H,6-7H2,1-2H3,(H,12,14). The molecule has 0 saturated heterocycles. The average molecular weight is 225 g/mol. The predicted molar refractivity (Wildman–Crippen MR) is 58.5 cm³/mol. The van der Waals surface area contributed by atoms with Crippen LogP contribution in [0, 0.1) is 0 Å². The summed E-state index contributed by atoms with van der Waals surface area (Å²) in [6, 6.07) is 5.33. The third kappa shape index (κ3) is 3.43. The van der Waals surface area contributed by atoms with E-state index >= 15 is 0 Å². The van der Waals surface area contributed by atoms with Gasteiger partial charge in [-0.3, -0.25) is 4.79 Å². The minimum atomic E-state index is -0.513. The summed E-state index contributed by atoms with van der Waals surface area (Å²) in [7, 11) is 3.12. The second-order valence-corrected chi connectivity index (χ2v) is 3.16. The molecule has 0 saturated carbocycles. The number of nitrogens with one attached hydrogen (secondary N) is 1. The largest absolute Gasteiger partial charge is 0.497 e. The van der Waals surface area contributed by atoms with Gasteiger partial charge in [0.05, 0.1) is 14.2 Å². The molecule has 0 aromatic heterocycles. The Morgan fingerprint density at radius 1 is 1.25 bits per heavy atom. The van der Waals surface area contributed by atoms with Crippen molar-refractivity contribution in [2.75, 3.05) is 20.8 Å². The molecular weight excluding hydrogens is 210 g/mol.